The molecule has 0 radical (unpaired) electrons. The van der Waals surface area contributed by atoms with Gasteiger partial charge in [-0.3, -0.25) is 9.78 Å². The number of pyridine rings is 1. The third kappa shape index (κ3) is 6.92. The minimum absolute atomic E-state index is 0.145. The lowest BCUT2D eigenvalue weighted by atomic mass is 9.99. The number of alkyl halides is 1. The summed E-state index contributed by atoms with van der Waals surface area (Å²) in [5.74, 6) is -0.593. The molecule has 2 amide bonds. The van der Waals surface area contributed by atoms with Crippen molar-refractivity contribution in [3.63, 3.8) is 0 Å². The first-order valence-corrected chi connectivity index (χ1v) is 11.6. The molecular weight excluding hydrogens is 481 g/mol. The molecule has 0 spiro atoms. The molecular formula is C25H30FN7O4. The number of halogens is 1. The number of hydrogen-bond donors (Lipinski definition) is 5. The van der Waals surface area contributed by atoms with Gasteiger partial charge in [0.1, 0.15) is 12.2 Å². The average molecular weight is 512 g/mol. The van der Waals surface area contributed by atoms with Crippen LogP contribution < -0.4 is 16.0 Å². The summed E-state index contributed by atoms with van der Waals surface area (Å²) < 4.78 is 15.9. The second kappa shape index (κ2) is 10.8. The molecule has 0 aromatic carbocycles. The van der Waals surface area contributed by atoms with E-state index in [-0.39, 0.29) is 12.1 Å². The van der Waals surface area contributed by atoms with E-state index in [0.717, 1.165) is 0 Å². The minimum Gasteiger partial charge on any atom is -0.465 e. The Hall–Kier alpha value is -4.24. The summed E-state index contributed by atoms with van der Waals surface area (Å²) in [6.45, 7) is 6.11. The number of aliphatic hydroxyl groups is 1. The summed E-state index contributed by atoms with van der Waals surface area (Å²) in [4.78, 5) is 28.3. The van der Waals surface area contributed by atoms with Crippen LogP contribution in [0.15, 0.2) is 36.7 Å². The van der Waals surface area contributed by atoms with Crippen molar-refractivity contribution < 1.29 is 24.2 Å². The lowest BCUT2D eigenvalue weighted by molar-refractivity contribution is -0.00177. The topological polar surface area (TPSA) is 165 Å². The van der Waals surface area contributed by atoms with Crippen LogP contribution in [0, 0.1) is 11.3 Å². The molecule has 0 aliphatic heterocycles. The predicted octanol–water partition coefficient (Wildman–Crippen LogP) is 2.95. The molecule has 3 aromatic rings. The Morgan fingerprint density at radius 2 is 1.92 bits per heavy atom. The summed E-state index contributed by atoms with van der Waals surface area (Å²) in [5.41, 5.74) is 0.469. The highest BCUT2D eigenvalue weighted by atomic mass is 19.1. The van der Waals surface area contributed by atoms with E-state index in [9.17, 15) is 19.1 Å². The van der Waals surface area contributed by atoms with Gasteiger partial charge in [0, 0.05) is 18.3 Å². The number of fused-ring (bicyclic) bond motifs is 1. The summed E-state index contributed by atoms with van der Waals surface area (Å²) in [6.07, 6.45) is 0.373. The fraction of sp³-hybridized carbons (Fsp3) is 0.400. The monoisotopic (exact) mass is 511 g/mol. The van der Waals surface area contributed by atoms with Crippen molar-refractivity contribution in [3.8, 4) is 17.5 Å². The molecule has 3 rings (SSSR count). The zero-order valence-corrected chi connectivity index (χ0v) is 21.0. The van der Waals surface area contributed by atoms with Crippen LogP contribution in [0.25, 0.3) is 16.9 Å². The number of carbonyl (C=O) groups is 2. The fourth-order valence-corrected chi connectivity index (χ4v) is 3.57. The number of nitriles is 1. The van der Waals surface area contributed by atoms with E-state index in [4.69, 9.17) is 10.4 Å². The quantitative estimate of drug-likeness (QED) is 0.277. The zero-order valence-electron chi connectivity index (χ0n) is 21.0. The van der Waals surface area contributed by atoms with E-state index in [1.54, 1.807) is 28.8 Å². The Balaban J connectivity index is 1.96. The van der Waals surface area contributed by atoms with Crippen LogP contribution in [-0.2, 0) is 0 Å². The summed E-state index contributed by atoms with van der Waals surface area (Å²) >= 11 is 0. The largest absolute Gasteiger partial charge is 0.465 e. The molecule has 0 bridgehead atoms. The number of nitrogens with one attached hydrogen (secondary N) is 3. The smallest absolute Gasteiger partial charge is 0.404 e. The molecule has 0 aliphatic carbocycles. The predicted molar refractivity (Wildman–Crippen MR) is 135 cm³/mol. The summed E-state index contributed by atoms with van der Waals surface area (Å²) in [6, 6.07) is 8.97. The van der Waals surface area contributed by atoms with Crippen molar-refractivity contribution in [1.82, 2.24) is 25.2 Å². The van der Waals surface area contributed by atoms with Crippen LogP contribution in [0.4, 0.5) is 14.9 Å². The lowest BCUT2D eigenvalue weighted by Gasteiger charge is -2.29. The second-order valence-electron chi connectivity index (χ2n) is 9.85. The maximum absolute atomic E-state index is 14.2. The molecule has 196 valence electrons. The maximum Gasteiger partial charge on any atom is 0.404 e. The number of aromatic nitrogens is 3. The van der Waals surface area contributed by atoms with E-state index in [1.165, 1.54) is 26.2 Å². The van der Waals surface area contributed by atoms with Gasteiger partial charge in [0.05, 0.1) is 52.1 Å². The average Bonchev–Trinajstić information content (AvgIpc) is 3.24. The minimum atomic E-state index is -1.69. The normalized spacial score (nSPS) is 12.6. The molecule has 11 nitrogen and oxygen atoms in total. The highest BCUT2D eigenvalue weighted by molar-refractivity contribution is 6.00. The third-order valence-corrected chi connectivity index (χ3v) is 5.75. The molecule has 0 aliphatic rings. The Morgan fingerprint density at radius 3 is 2.57 bits per heavy atom. The van der Waals surface area contributed by atoms with Crippen molar-refractivity contribution in [2.24, 2.45) is 0 Å². The van der Waals surface area contributed by atoms with E-state index in [2.05, 4.69) is 26.0 Å². The lowest BCUT2D eigenvalue weighted by Crippen LogP contribution is -2.42. The first-order valence-electron chi connectivity index (χ1n) is 11.6. The van der Waals surface area contributed by atoms with Gasteiger partial charge in [-0.05, 0) is 58.4 Å². The SMILES string of the molecule is CC(C)(CCNC(=O)O)Nc1cc(-c2ccc3cc(C#N)cnn23)ncc1C(=O)NCC(F)C(C)(C)O. The van der Waals surface area contributed by atoms with Crippen LogP contribution in [-0.4, -0.2) is 67.2 Å². The van der Waals surface area contributed by atoms with Crippen LogP contribution in [0.5, 0.6) is 0 Å². The number of nitrogens with zero attached hydrogens (tertiary/aromatic N) is 4. The Bertz CT molecular complexity index is 1340. The third-order valence-electron chi connectivity index (χ3n) is 5.75. The van der Waals surface area contributed by atoms with E-state index < -0.39 is 35.9 Å². The first-order chi connectivity index (χ1) is 17.3. The van der Waals surface area contributed by atoms with Crippen LogP contribution in [0.2, 0.25) is 0 Å². The van der Waals surface area contributed by atoms with E-state index in [0.29, 0.717) is 34.6 Å². The van der Waals surface area contributed by atoms with Gasteiger partial charge in [-0.25, -0.2) is 13.7 Å². The van der Waals surface area contributed by atoms with Crippen molar-refractivity contribution in [1.29, 1.82) is 5.26 Å². The van der Waals surface area contributed by atoms with Crippen molar-refractivity contribution in [2.75, 3.05) is 18.4 Å². The molecule has 12 heteroatoms. The fourth-order valence-electron chi connectivity index (χ4n) is 3.57. The van der Waals surface area contributed by atoms with Gasteiger partial charge in [-0.2, -0.15) is 10.4 Å². The van der Waals surface area contributed by atoms with Crippen molar-refractivity contribution >= 4 is 23.2 Å². The Kier molecular flexibility index (Phi) is 7.98. The first kappa shape index (κ1) is 27.3. The van der Waals surface area contributed by atoms with Gasteiger partial charge in [0.2, 0.25) is 0 Å². The van der Waals surface area contributed by atoms with Crippen molar-refractivity contribution in [2.45, 2.75) is 51.4 Å². The zero-order chi connectivity index (χ0) is 27.4. The van der Waals surface area contributed by atoms with E-state index in [1.807, 2.05) is 19.9 Å². The number of anilines is 1. The molecule has 0 fully saturated rings. The van der Waals surface area contributed by atoms with Crippen molar-refractivity contribution in [3.05, 3.63) is 47.8 Å². The highest BCUT2D eigenvalue weighted by Crippen LogP contribution is 2.28. The van der Waals surface area contributed by atoms with Gasteiger partial charge in [0.15, 0.2) is 0 Å². The molecule has 1 unspecified atom stereocenters. The van der Waals surface area contributed by atoms with Gasteiger partial charge < -0.3 is 26.2 Å². The van der Waals surface area contributed by atoms with Crippen LogP contribution in [0.1, 0.15) is 50.0 Å². The molecule has 3 heterocycles. The Morgan fingerprint density at radius 1 is 1.19 bits per heavy atom. The molecule has 0 saturated heterocycles. The summed E-state index contributed by atoms with van der Waals surface area (Å²) in [5, 5.41) is 40.2. The molecule has 5 N–H and O–H groups in total. The molecule has 0 saturated carbocycles. The molecule has 3 aromatic heterocycles. The van der Waals surface area contributed by atoms with Gasteiger partial charge in [0.25, 0.3) is 5.91 Å². The number of carbonyl (C=O) groups excluding carboxylic acids is 1. The second-order valence-corrected chi connectivity index (χ2v) is 9.85. The summed E-state index contributed by atoms with van der Waals surface area (Å²) in [7, 11) is 0. The van der Waals surface area contributed by atoms with Gasteiger partial charge in [-0.1, -0.05) is 0 Å². The van der Waals surface area contributed by atoms with Gasteiger partial charge in [-0.15, -0.1) is 0 Å². The van der Waals surface area contributed by atoms with Crippen LogP contribution >= 0.6 is 0 Å². The number of carboxylic acid groups (broad SMARTS) is 1. The van der Waals surface area contributed by atoms with Gasteiger partial charge >= 0.3 is 6.09 Å². The van der Waals surface area contributed by atoms with Crippen LogP contribution in [0.3, 0.4) is 0 Å². The van der Waals surface area contributed by atoms with E-state index >= 15 is 0 Å². The number of rotatable bonds is 10. The number of hydrogen-bond acceptors (Lipinski definition) is 7. The maximum atomic E-state index is 14.2. The molecule has 37 heavy (non-hydrogen) atoms. The highest BCUT2D eigenvalue weighted by Gasteiger charge is 2.28. The number of amides is 2. The molecule has 1 atom stereocenters. The standard InChI is InChI=1S/C25H30FN7O4/c1-24(2,7-8-28-23(35)36)32-18-10-19(20-6-5-16-9-15(11-27)12-31-33(16)20)29-13-17(18)22(34)30-14-21(26)25(3,4)37/h5-6,9-10,12-13,21,28,37H,7-8,14H2,1-4H3,(H,29,32)(H,30,34)(H,35,36). The Labute approximate surface area is 213 Å².